The second-order valence-corrected chi connectivity index (χ2v) is 5.69. The number of anilines is 1. The quantitative estimate of drug-likeness (QED) is 0.567. The van der Waals surface area contributed by atoms with Crippen LogP contribution in [0.15, 0.2) is 12.7 Å². The molecule has 0 aromatic carbocycles. The summed E-state index contributed by atoms with van der Waals surface area (Å²) in [5, 5.41) is 32.4. The molecule has 9 heteroatoms. The molecular formula is C13H17N5O4. The Labute approximate surface area is 125 Å². The molecule has 1 aliphatic heterocycles. The van der Waals surface area contributed by atoms with Gasteiger partial charge in [0.1, 0.15) is 24.6 Å². The van der Waals surface area contributed by atoms with Crippen molar-refractivity contribution in [1.82, 2.24) is 19.5 Å². The summed E-state index contributed by atoms with van der Waals surface area (Å²) in [6.07, 6.45) is 1.15. The molecule has 4 N–H and O–H groups in total. The van der Waals surface area contributed by atoms with Crippen LogP contribution in [0.3, 0.4) is 0 Å². The van der Waals surface area contributed by atoms with Gasteiger partial charge in [-0.1, -0.05) is 0 Å². The Bertz CT molecular complexity index is 688. The highest BCUT2D eigenvalue weighted by atomic mass is 16.6. The maximum absolute atomic E-state index is 10.1. The van der Waals surface area contributed by atoms with Crippen molar-refractivity contribution in [2.45, 2.75) is 43.4 Å². The summed E-state index contributed by atoms with van der Waals surface area (Å²) < 4.78 is 7.07. The molecule has 2 fully saturated rings. The molecule has 4 atom stereocenters. The van der Waals surface area contributed by atoms with Crippen molar-refractivity contribution in [2.24, 2.45) is 0 Å². The summed E-state index contributed by atoms with van der Waals surface area (Å²) in [5.74, 6) is 0.651. The zero-order valence-corrected chi connectivity index (χ0v) is 11.7. The van der Waals surface area contributed by atoms with Crippen LogP contribution in [-0.4, -0.2) is 65.8 Å². The largest absolute Gasteiger partial charge is 0.394 e. The van der Waals surface area contributed by atoms with E-state index in [1.807, 2.05) is 0 Å². The predicted molar refractivity (Wildman–Crippen MR) is 75.0 cm³/mol. The molecule has 118 valence electrons. The summed E-state index contributed by atoms with van der Waals surface area (Å²) in [6.45, 7) is -0.370. The second-order valence-electron chi connectivity index (χ2n) is 5.69. The Kier molecular flexibility index (Phi) is 3.22. The second kappa shape index (κ2) is 5.13. The number of nitrogens with zero attached hydrogens (tertiary/aromatic N) is 4. The first-order valence-electron chi connectivity index (χ1n) is 7.25. The molecule has 0 radical (unpaired) electrons. The lowest BCUT2D eigenvalue weighted by atomic mass is 10.1. The summed E-state index contributed by atoms with van der Waals surface area (Å²) in [5.41, 5.74) is 1.10. The Morgan fingerprint density at radius 1 is 1.23 bits per heavy atom. The van der Waals surface area contributed by atoms with Crippen molar-refractivity contribution in [1.29, 1.82) is 0 Å². The third-order valence-corrected chi connectivity index (χ3v) is 4.07. The van der Waals surface area contributed by atoms with Crippen LogP contribution in [0.4, 0.5) is 5.82 Å². The first kappa shape index (κ1) is 13.8. The van der Waals surface area contributed by atoms with Gasteiger partial charge >= 0.3 is 0 Å². The minimum Gasteiger partial charge on any atom is -0.394 e. The molecule has 3 heterocycles. The molecule has 1 saturated heterocycles. The maximum Gasteiger partial charge on any atom is 0.167 e. The number of nitrogens with one attached hydrogen (secondary N) is 1. The van der Waals surface area contributed by atoms with Crippen LogP contribution in [0, 0.1) is 0 Å². The molecule has 2 aromatic heterocycles. The molecule has 0 unspecified atom stereocenters. The molecule has 0 bridgehead atoms. The van der Waals surface area contributed by atoms with Crippen LogP contribution in [-0.2, 0) is 4.74 Å². The molecule has 0 spiro atoms. The molecule has 2 aromatic rings. The molecule has 4 rings (SSSR count). The van der Waals surface area contributed by atoms with Crippen LogP contribution < -0.4 is 5.32 Å². The van der Waals surface area contributed by atoms with E-state index in [4.69, 9.17) is 4.74 Å². The van der Waals surface area contributed by atoms with Gasteiger partial charge in [-0.15, -0.1) is 0 Å². The van der Waals surface area contributed by atoms with Crippen LogP contribution in [0.1, 0.15) is 19.1 Å². The third kappa shape index (κ3) is 2.13. The van der Waals surface area contributed by atoms with Gasteiger partial charge in [-0.05, 0) is 12.8 Å². The maximum atomic E-state index is 10.1. The van der Waals surface area contributed by atoms with Gasteiger partial charge in [0.15, 0.2) is 23.2 Å². The Morgan fingerprint density at radius 3 is 2.73 bits per heavy atom. The first-order chi connectivity index (χ1) is 10.7. The van der Waals surface area contributed by atoms with E-state index in [2.05, 4.69) is 20.3 Å². The van der Waals surface area contributed by atoms with Crippen molar-refractivity contribution < 1.29 is 20.1 Å². The summed E-state index contributed by atoms with van der Waals surface area (Å²) in [7, 11) is 0. The molecular weight excluding hydrogens is 290 g/mol. The minimum atomic E-state index is -1.16. The zero-order valence-electron chi connectivity index (χ0n) is 11.7. The number of aromatic nitrogens is 4. The number of imidazole rings is 1. The number of hydrogen-bond donors (Lipinski definition) is 4. The van der Waals surface area contributed by atoms with E-state index in [-0.39, 0.29) is 6.61 Å². The summed E-state index contributed by atoms with van der Waals surface area (Å²) in [6, 6.07) is 0.428. The Hall–Kier alpha value is -1.81. The number of rotatable bonds is 4. The number of ether oxygens (including phenoxy) is 1. The molecule has 9 nitrogen and oxygen atoms in total. The third-order valence-electron chi connectivity index (χ3n) is 4.07. The van der Waals surface area contributed by atoms with Gasteiger partial charge in [-0.25, -0.2) is 15.0 Å². The number of hydrogen-bond acceptors (Lipinski definition) is 8. The lowest BCUT2D eigenvalue weighted by Gasteiger charge is -2.16. The van der Waals surface area contributed by atoms with E-state index in [0.29, 0.717) is 23.0 Å². The summed E-state index contributed by atoms with van der Waals surface area (Å²) in [4.78, 5) is 12.7. The standard InChI is InChI=1S/C13H17N5O4/c19-3-7-9(20)10(21)13(22-7)18-5-16-8-11(17-6-1-2-6)14-4-15-12(8)18/h4-7,9-10,13,19-21H,1-3H2,(H,14,15,17)/t7-,9+,10-,13-/m1/s1. The molecule has 22 heavy (non-hydrogen) atoms. The van der Waals surface area contributed by atoms with Crippen molar-refractivity contribution in [3.05, 3.63) is 12.7 Å². The van der Waals surface area contributed by atoms with Crippen LogP contribution in [0.25, 0.3) is 11.2 Å². The predicted octanol–water partition coefficient (Wildman–Crippen LogP) is -0.988. The topological polar surface area (TPSA) is 126 Å². The Morgan fingerprint density at radius 2 is 2.05 bits per heavy atom. The van der Waals surface area contributed by atoms with Crippen molar-refractivity contribution >= 4 is 17.0 Å². The van der Waals surface area contributed by atoms with E-state index in [0.717, 1.165) is 12.8 Å². The molecule has 0 amide bonds. The SMILES string of the molecule is OC[C@H]1O[C@@H](n2cnc3c(NC4CC4)ncnc32)[C@H](O)[C@H]1O. The van der Waals surface area contributed by atoms with Gasteiger partial charge in [-0.2, -0.15) is 0 Å². The van der Waals surface area contributed by atoms with E-state index < -0.39 is 24.5 Å². The number of aliphatic hydroxyl groups is 3. The number of aliphatic hydroxyl groups excluding tert-OH is 3. The van der Waals surface area contributed by atoms with E-state index in [1.54, 1.807) is 4.57 Å². The van der Waals surface area contributed by atoms with E-state index >= 15 is 0 Å². The van der Waals surface area contributed by atoms with Crippen molar-refractivity contribution in [3.63, 3.8) is 0 Å². The number of fused-ring (bicyclic) bond motifs is 1. The fourth-order valence-electron chi connectivity index (χ4n) is 2.67. The normalized spacial score (nSPS) is 31.8. The van der Waals surface area contributed by atoms with Crippen LogP contribution >= 0.6 is 0 Å². The van der Waals surface area contributed by atoms with Crippen LogP contribution in [0.5, 0.6) is 0 Å². The molecule has 2 aliphatic rings. The average Bonchev–Trinajstić information content (AvgIpc) is 3.16. The Balaban J connectivity index is 1.70. The summed E-state index contributed by atoms with van der Waals surface area (Å²) >= 11 is 0. The van der Waals surface area contributed by atoms with Crippen molar-refractivity contribution in [2.75, 3.05) is 11.9 Å². The minimum absolute atomic E-state index is 0.370. The lowest BCUT2D eigenvalue weighted by molar-refractivity contribution is -0.0511. The fourth-order valence-corrected chi connectivity index (χ4v) is 2.67. The monoisotopic (exact) mass is 307 g/mol. The van der Waals surface area contributed by atoms with E-state index in [1.165, 1.54) is 12.7 Å². The van der Waals surface area contributed by atoms with Gasteiger partial charge in [0.2, 0.25) is 0 Å². The first-order valence-corrected chi connectivity index (χ1v) is 7.25. The fraction of sp³-hybridized carbons (Fsp3) is 0.615. The molecule has 1 aliphatic carbocycles. The van der Waals surface area contributed by atoms with Gasteiger partial charge in [0.25, 0.3) is 0 Å². The highest BCUT2D eigenvalue weighted by molar-refractivity contribution is 5.83. The molecule has 1 saturated carbocycles. The van der Waals surface area contributed by atoms with Gasteiger partial charge < -0.3 is 25.4 Å². The van der Waals surface area contributed by atoms with E-state index in [9.17, 15) is 15.3 Å². The average molecular weight is 307 g/mol. The lowest BCUT2D eigenvalue weighted by Crippen LogP contribution is -2.33. The van der Waals surface area contributed by atoms with Crippen LogP contribution in [0.2, 0.25) is 0 Å². The van der Waals surface area contributed by atoms with Gasteiger partial charge in [-0.3, -0.25) is 4.57 Å². The smallest absolute Gasteiger partial charge is 0.167 e. The van der Waals surface area contributed by atoms with Gasteiger partial charge in [0, 0.05) is 6.04 Å². The zero-order chi connectivity index (χ0) is 15.3. The van der Waals surface area contributed by atoms with Gasteiger partial charge in [0.05, 0.1) is 12.9 Å². The van der Waals surface area contributed by atoms with Crippen molar-refractivity contribution in [3.8, 4) is 0 Å². The highest BCUT2D eigenvalue weighted by Gasteiger charge is 2.44. The highest BCUT2D eigenvalue weighted by Crippen LogP contribution is 2.33.